The molecule has 2 N–H and O–H groups in total. The molecule has 0 saturated heterocycles. The number of hydrogen-bond donors (Lipinski definition) is 1. The molecular weight excluding hydrogens is 292 g/mol. The van der Waals surface area contributed by atoms with Crippen molar-refractivity contribution >= 4 is 11.7 Å². The molecule has 0 saturated carbocycles. The molecule has 0 aliphatic heterocycles. The van der Waals surface area contributed by atoms with Crippen molar-refractivity contribution < 1.29 is 14.4 Å². The number of carbonyl (C=O) groups excluding carboxylic acids is 1. The molecule has 0 radical (unpaired) electrons. The van der Waals surface area contributed by atoms with Crippen LogP contribution in [0.4, 0.5) is 5.69 Å². The molecule has 0 unspecified atom stereocenters. The highest BCUT2D eigenvalue weighted by atomic mass is 16.7. The zero-order valence-corrected chi connectivity index (χ0v) is 13.7. The minimum atomic E-state index is -0.505. The fourth-order valence-electron chi connectivity index (χ4n) is 1.87. The van der Waals surface area contributed by atoms with Gasteiger partial charge in [-0.15, -0.1) is 0 Å². The van der Waals surface area contributed by atoms with Crippen molar-refractivity contribution in [2.45, 2.75) is 33.0 Å². The van der Waals surface area contributed by atoms with E-state index in [1.54, 1.807) is 12.1 Å². The van der Waals surface area contributed by atoms with Crippen molar-refractivity contribution in [2.75, 3.05) is 5.17 Å². The molecule has 0 amide bonds. The van der Waals surface area contributed by atoms with Crippen LogP contribution >= 0.6 is 0 Å². The molecule has 5 heteroatoms. The van der Waals surface area contributed by atoms with E-state index in [0.717, 1.165) is 11.3 Å². The zero-order valence-electron chi connectivity index (χ0n) is 13.7. The third-order valence-corrected chi connectivity index (χ3v) is 2.97. The van der Waals surface area contributed by atoms with Gasteiger partial charge in [0.1, 0.15) is 12.2 Å². The van der Waals surface area contributed by atoms with Crippen LogP contribution in [0.25, 0.3) is 0 Å². The molecule has 0 bridgehead atoms. The Kier molecular flexibility index (Phi) is 5.36. The van der Waals surface area contributed by atoms with Crippen LogP contribution in [0.2, 0.25) is 0 Å². The van der Waals surface area contributed by atoms with Gasteiger partial charge in [-0.3, -0.25) is 4.84 Å². The number of para-hydroxylation sites is 1. The number of nitrogens with zero attached hydrogens (tertiary/aromatic N) is 1. The molecule has 2 aromatic rings. The molecule has 0 aliphatic carbocycles. The highest BCUT2D eigenvalue weighted by Crippen LogP contribution is 2.14. The second-order valence-corrected chi connectivity index (χ2v) is 6.13. The summed E-state index contributed by atoms with van der Waals surface area (Å²) in [4.78, 5) is 17.4. The highest BCUT2D eigenvalue weighted by Gasteiger charge is 2.17. The van der Waals surface area contributed by atoms with Crippen LogP contribution in [0.1, 0.15) is 36.7 Å². The Morgan fingerprint density at radius 1 is 1.04 bits per heavy atom. The van der Waals surface area contributed by atoms with E-state index < -0.39 is 5.60 Å². The first-order valence-corrected chi connectivity index (χ1v) is 7.40. The van der Waals surface area contributed by atoms with Gasteiger partial charge in [-0.1, -0.05) is 30.3 Å². The Bertz CT molecular complexity index is 634. The molecule has 5 nitrogen and oxygen atoms in total. The maximum absolute atomic E-state index is 11.9. The van der Waals surface area contributed by atoms with Gasteiger partial charge >= 0.3 is 5.97 Å². The molecule has 0 fully saturated rings. The standard InChI is InChI=1S/C18H22N2O3/c1-18(2,3)23-17(21)15-11-9-14(10-12-15)13-22-20(19)16-7-5-4-6-8-16/h4-12H,13,19H2,1-3H3. The number of benzene rings is 2. The number of nitrogens with two attached hydrogens (primary N) is 1. The summed E-state index contributed by atoms with van der Waals surface area (Å²) >= 11 is 0. The van der Waals surface area contributed by atoms with Gasteiger partial charge in [-0.25, -0.2) is 10.6 Å². The maximum atomic E-state index is 11.9. The lowest BCUT2D eigenvalue weighted by molar-refractivity contribution is 0.00694. The number of hydrogen-bond acceptors (Lipinski definition) is 5. The largest absolute Gasteiger partial charge is 0.456 e. The first-order valence-electron chi connectivity index (χ1n) is 7.40. The summed E-state index contributed by atoms with van der Waals surface area (Å²) in [5, 5.41) is 1.22. The Hall–Kier alpha value is -2.37. The van der Waals surface area contributed by atoms with E-state index in [1.165, 1.54) is 5.17 Å². The Balaban J connectivity index is 1.91. The van der Waals surface area contributed by atoms with Gasteiger partial charge in [-0.05, 0) is 50.6 Å². The molecule has 0 spiro atoms. The fourth-order valence-corrected chi connectivity index (χ4v) is 1.87. The number of anilines is 1. The number of esters is 1. The van der Waals surface area contributed by atoms with Crippen molar-refractivity contribution in [2.24, 2.45) is 5.84 Å². The normalized spacial score (nSPS) is 11.1. The Morgan fingerprint density at radius 3 is 2.22 bits per heavy atom. The summed E-state index contributed by atoms with van der Waals surface area (Å²) in [6.07, 6.45) is 0. The summed E-state index contributed by atoms with van der Waals surface area (Å²) in [5.41, 5.74) is 1.67. The molecule has 2 aromatic carbocycles. The lowest BCUT2D eigenvalue weighted by Gasteiger charge is -2.20. The topological polar surface area (TPSA) is 64.8 Å². The maximum Gasteiger partial charge on any atom is 0.338 e. The number of carbonyl (C=O) groups is 1. The van der Waals surface area contributed by atoms with Crippen LogP contribution in [0.3, 0.4) is 0 Å². The molecule has 0 atom stereocenters. The quantitative estimate of drug-likeness (QED) is 0.520. The van der Waals surface area contributed by atoms with Gasteiger partial charge in [0.2, 0.25) is 0 Å². The van der Waals surface area contributed by atoms with Gasteiger partial charge in [0.25, 0.3) is 0 Å². The van der Waals surface area contributed by atoms with Gasteiger partial charge in [0.15, 0.2) is 0 Å². The van der Waals surface area contributed by atoms with Crippen LogP contribution in [-0.2, 0) is 16.2 Å². The molecule has 0 heterocycles. The van der Waals surface area contributed by atoms with Crippen molar-refractivity contribution in [3.63, 3.8) is 0 Å². The average molecular weight is 314 g/mol. The molecule has 23 heavy (non-hydrogen) atoms. The number of hydrazine groups is 1. The van der Waals surface area contributed by atoms with E-state index in [-0.39, 0.29) is 5.97 Å². The summed E-state index contributed by atoms with van der Waals surface area (Å²) in [5.74, 6) is 5.49. The predicted octanol–water partition coefficient (Wildman–Crippen LogP) is 3.45. The fraction of sp³-hybridized carbons (Fsp3) is 0.278. The van der Waals surface area contributed by atoms with E-state index >= 15 is 0 Å². The van der Waals surface area contributed by atoms with E-state index in [2.05, 4.69) is 0 Å². The first kappa shape index (κ1) is 17.0. The minimum Gasteiger partial charge on any atom is -0.456 e. The third-order valence-electron chi connectivity index (χ3n) is 2.97. The summed E-state index contributed by atoms with van der Waals surface area (Å²) < 4.78 is 5.32. The Morgan fingerprint density at radius 2 is 1.65 bits per heavy atom. The Labute approximate surface area is 136 Å². The highest BCUT2D eigenvalue weighted by molar-refractivity contribution is 5.89. The second-order valence-electron chi connectivity index (χ2n) is 6.13. The van der Waals surface area contributed by atoms with Crippen LogP contribution in [-0.4, -0.2) is 11.6 Å². The van der Waals surface area contributed by atoms with Gasteiger partial charge in [0.05, 0.1) is 11.3 Å². The first-order chi connectivity index (χ1) is 10.8. The average Bonchev–Trinajstić information content (AvgIpc) is 2.52. The van der Waals surface area contributed by atoms with Gasteiger partial charge < -0.3 is 4.74 Å². The van der Waals surface area contributed by atoms with Gasteiger partial charge in [0, 0.05) is 0 Å². The smallest absolute Gasteiger partial charge is 0.338 e. The van der Waals surface area contributed by atoms with E-state index in [4.69, 9.17) is 15.4 Å². The van der Waals surface area contributed by atoms with Crippen LogP contribution < -0.4 is 11.0 Å². The van der Waals surface area contributed by atoms with Crippen molar-refractivity contribution in [3.05, 3.63) is 65.7 Å². The SMILES string of the molecule is CC(C)(C)OC(=O)c1ccc(CON(N)c2ccccc2)cc1. The molecule has 0 aliphatic rings. The number of ether oxygens (including phenoxy) is 1. The van der Waals surface area contributed by atoms with Crippen molar-refractivity contribution in [1.82, 2.24) is 0 Å². The third kappa shape index (κ3) is 5.39. The van der Waals surface area contributed by atoms with E-state index in [9.17, 15) is 4.79 Å². The zero-order chi connectivity index (χ0) is 16.9. The van der Waals surface area contributed by atoms with E-state index in [0.29, 0.717) is 12.2 Å². The molecule has 122 valence electrons. The monoisotopic (exact) mass is 314 g/mol. The van der Waals surface area contributed by atoms with Crippen molar-refractivity contribution in [1.29, 1.82) is 0 Å². The molecule has 2 rings (SSSR count). The lowest BCUT2D eigenvalue weighted by Crippen LogP contribution is -2.30. The summed E-state index contributed by atoms with van der Waals surface area (Å²) in [6, 6.07) is 16.5. The van der Waals surface area contributed by atoms with Gasteiger partial charge in [-0.2, -0.15) is 5.17 Å². The van der Waals surface area contributed by atoms with Crippen LogP contribution in [0.5, 0.6) is 0 Å². The molecular formula is C18H22N2O3. The van der Waals surface area contributed by atoms with Crippen LogP contribution in [0, 0.1) is 0 Å². The minimum absolute atomic E-state index is 0.306. The molecule has 0 aromatic heterocycles. The number of rotatable bonds is 5. The van der Waals surface area contributed by atoms with E-state index in [1.807, 2.05) is 63.2 Å². The van der Waals surface area contributed by atoms with Crippen LogP contribution in [0.15, 0.2) is 54.6 Å². The van der Waals surface area contributed by atoms with Crippen molar-refractivity contribution in [3.8, 4) is 0 Å². The summed E-state index contributed by atoms with van der Waals surface area (Å²) in [6.45, 7) is 5.82. The summed E-state index contributed by atoms with van der Waals surface area (Å²) in [7, 11) is 0. The predicted molar refractivity (Wildman–Crippen MR) is 89.5 cm³/mol. The second kappa shape index (κ2) is 7.26. The lowest BCUT2D eigenvalue weighted by atomic mass is 10.1.